The summed E-state index contributed by atoms with van der Waals surface area (Å²) in [5, 5.41) is 0. The van der Waals surface area contributed by atoms with E-state index in [-0.39, 0.29) is 13.0 Å². The number of carbonyl (C=O) groups excluding carboxylic acids is 2. The summed E-state index contributed by atoms with van der Waals surface area (Å²) in [6.07, 6.45) is -0.204. The zero-order valence-corrected chi connectivity index (χ0v) is 11.5. The monoisotopic (exact) mass is 264 g/mol. The van der Waals surface area contributed by atoms with Crippen molar-refractivity contribution in [1.82, 2.24) is 0 Å². The van der Waals surface area contributed by atoms with E-state index in [0.29, 0.717) is 0 Å². The zero-order valence-electron chi connectivity index (χ0n) is 11.5. The fourth-order valence-electron chi connectivity index (χ4n) is 1.99. The van der Waals surface area contributed by atoms with Gasteiger partial charge in [0.25, 0.3) is 0 Å². The third kappa shape index (κ3) is 4.37. The molecule has 0 saturated carbocycles. The smallest absolute Gasteiger partial charge is 0.323 e. The van der Waals surface area contributed by atoms with Crippen LogP contribution < -0.4 is 11.5 Å². The summed E-state index contributed by atoms with van der Waals surface area (Å²) in [6.45, 7) is 6.10. The minimum atomic E-state index is -0.997. The fourth-order valence-corrected chi connectivity index (χ4v) is 1.99. The average molecular weight is 264 g/mol. The Kier molecular flexibility index (Phi) is 5.06. The van der Waals surface area contributed by atoms with E-state index in [9.17, 15) is 9.59 Å². The Morgan fingerprint density at radius 1 is 1.21 bits per heavy atom. The predicted molar refractivity (Wildman–Crippen MR) is 72.2 cm³/mol. The van der Waals surface area contributed by atoms with Crippen LogP contribution in [-0.4, -0.2) is 17.9 Å². The number of nitrogens with two attached hydrogens (primary N) is 2. The summed E-state index contributed by atoms with van der Waals surface area (Å²) in [6, 6.07) is 3.06. The Balaban J connectivity index is 2.67. The van der Waals surface area contributed by atoms with Crippen LogP contribution in [0.1, 0.15) is 28.7 Å². The van der Waals surface area contributed by atoms with E-state index < -0.39 is 17.9 Å². The van der Waals surface area contributed by atoms with Crippen molar-refractivity contribution in [3.05, 3.63) is 34.4 Å². The van der Waals surface area contributed by atoms with Gasteiger partial charge in [0, 0.05) is 0 Å². The Bertz CT molecular complexity index is 474. The van der Waals surface area contributed by atoms with Gasteiger partial charge in [-0.15, -0.1) is 0 Å². The minimum absolute atomic E-state index is 0.156. The van der Waals surface area contributed by atoms with Crippen LogP contribution in [0.5, 0.6) is 0 Å². The Morgan fingerprint density at radius 2 is 1.74 bits per heavy atom. The molecule has 0 radical (unpaired) electrons. The topological polar surface area (TPSA) is 95.4 Å². The van der Waals surface area contributed by atoms with Crippen LogP contribution in [0.2, 0.25) is 0 Å². The third-order valence-corrected chi connectivity index (χ3v) is 2.92. The molecule has 1 aromatic rings. The number of benzene rings is 1. The maximum Gasteiger partial charge on any atom is 0.323 e. The highest BCUT2D eigenvalue weighted by atomic mass is 16.5. The fraction of sp³-hybridized carbons (Fsp3) is 0.429. The van der Waals surface area contributed by atoms with Crippen LogP contribution in [0.15, 0.2) is 12.1 Å². The summed E-state index contributed by atoms with van der Waals surface area (Å²) < 4.78 is 5.12. The lowest BCUT2D eigenvalue weighted by molar-refractivity contribution is -0.147. The summed E-state index contributed by atoms with van der Waals surface area (Å²) in [5.41, 5.74) is 14.7. The van der Waals surface area contributed by atoms with Gasteiger partial charge in [-0.3, -0.25) is 9.59 Å². The molecule has 0 aliphatic carbocycles. The molecule has 1 atom stereocenters. The first-order valence-corrected chi connectivity index (χ1v) is 6.08. The lowest BCUT2D eigenvalue weighted by atomic mass is 10.0. The molecule has 5 heteroatoms. The van der Waals surface area contributed by atoms with E-state index in [0.717, 1.165) is 22.3 Å². The van der Waals surface area contributed by atoms with Gasteiger partial charge in [-0.1, -0.05) is 17.7 Å². The van der Waals surface area contributed by atoms with Gasteiger partial charge < -0.3 is 16.2 Å². The molecule has 5 nitrogen and oxygen atoms in total. The summed E-state index contributed by atoms with van der Waals surface area (Å²) in [4.78, 5) is 22.3. The molecule has 0 unspecified atom stereocenters. The van der Waals surface area contributed by atoms with Gasteiger partial charge in [-0.05, 0) is 37.5 Å². The largest absolute Gasteiger partial charge is 0.460 e. The lowest BCUT2D eigenvalue weighted by Gasteiger charge is -2.14. The number of ether oxygens (including phenoxy) is 1. The number of hydrogen-bond acceptors (Lipinski definition) is 4. The molecule has 1 rings (SSSR count). The van der Waals surface area contributed by atoms with Crippen molar-refractivity contribution in [2.75, 3.05) is 0 Å². The van der Waals surface area contributed by atoms with Crippen molar-refractivity contribution in [1.29, 1.82) is 0 Å². The van der Waals surface area contributed by atoms with E-state index in [1.54, 1.807) is 0 Å². The van der Waals surface area contributed by atoms with Crippen LogP contribution >= 0.6 is 0 Å². The maximum atomic E-state index is 11.6. The van der Waals surface area contributed by atoms with Crippen LogP contribution in [0.25, 0.3) is 0 Å². The van der Waals surface area contributed by atoms with Crippen LogP contribution in [0.4, 0.5) is 0 Å². The second-order valence-corrected chi connectivity index (χ2v) is 4.76. The van der Waals surface area contributed by atoms with E-state index in [2.05, 4.69) is 0 Å². The van der Waals surface area contributed by atoms with E-state index >= 15 is 0 Å². The normalized spacial score (nSPS) is 12.0. The minimum Gasteiger partial charge on any atom is -0.460 e. The van der Waals surface area contributed by atoms with Crippen molar-refractivity contribution in [2.24, 2.45) is 11.5 Å². The standard InChI is InChI=1S/C14H20N2O3/c1-8-4-9(2)11(10(3)5-8)7-19-14(18)12(15)6-13(16)17/h4-5,12H,6-7,15H2,1-3H3,(H2,16,17)/t12-/m0/s1. The second kappa shape index (κ2) is 6.33. The van der Waals surface area contributed by atoms with Gasteiger partial charge >= 0.3 is 5.97 Å². The Morgan fingerprint density at radius 3 is 2.21 bits per heavy atom. The molecule has 19 heavy (non-hydrogen) atoms. The van der Waals surface area contributed by atoms with Gasteiger partial charge in [0.05, 0.1) is 6.42 Å². The van der Waals surface area contributed by atoms with Crippen molar-refractivity contribution in [2.45, 2.75) is 39.8 Å². The molecule has 0 aliphatic rings. The molecule has 1 aromatic carbocycles. The molecule has 1 amide bonds. The van der Waals surface area contributed by atoms with Crippen molar-refractivity contribution in [3.63, 3.8) is 0 Å². The summed E-state index contributed by atoms with van der Waals surface area (Å²) in [7, 11) is 0. The first kappa shape index (κ1) is 15.2. The molecular weight excluding hydrogens is 244 g/mol. The molecule has 0 aromatic heterocycles. The van der Waals surface area contributed by atoms with E-state index in [1.165, 1.54) is 0 Å². The molecule has 0 fully saturated rings. The number of hydrogen-bond donors (Lipinski definition) is 2. The molecular formula is C14H20N2O3. The first-order chi connectivity index (χ1) is 8.81. The SMILES string of the molecule is Cc1cc(C)c(COC(=O)[C@@H](N)CC(N)=O)c(C)c1. The highest BCUT2D eigenvalue weighted by Gasteiger charge is 2.18. The van der Waals surface area contributed by atoms with E-state index in [4.69, 9.17) is 16.2 Å². The van der Waals surface area contributed by atoms with Crippen LogP contribution in [-0.2, 0) is 20.9 Å². The van der Waals surface area contributed by atoms with Gasteiger partial charge in [-0.2, -0.15) is 0 Å². The number of esters is 1. The van der Waals surface area contributed by atoms with Crippen LogP contribution in [0, 0.1) is 20.8 Å². The number of carbonyl (C=O) groups is 2. The summed E-state index contributed by atoms with van der Waals surface area (Å²) >= 11 is 0. The van der Waals surface area contributed by atoms with Crippen molar-refractivity contribution < 1.29 is 14.3 Å². The highest BCUT2D eigenvalue weighted by Crippen LogP contribution is 2.17. The van der Waals surface area contributed by atoms with Gasteiger partial charge in [-0.25, -0.2) is 0 Å². The van der Waals surface area contributed by atoms with Gasteiger partial charge in [0.2, 0.25) is 5.91 Å². The molecule has 0 aliphatic heterocycles. The van der Waals surface area contributed by atoms with Gasteiger partial charge in [0.15, 0.2) is 0 Å². The molecule has 0 spiro atoms. The molecule has 0 saturated heterocycles. The van der Waals surface area contributed by atoms with E-state index in [1.807, 2.05) is 32.9 Å². The molecule has 104 valence electrons. The third-order valence-electron chi connectivity index (χ3n) is 2.92. The van der Waals surface area contributed by atoms with Crippen molar-refractivity contribution >= 4 is 11.9 Å². The van der Waals surface area contributed by atoms with Gasteiger partial charge in [0.1, 0.15) is 12.6 Å². The average Bonchev–Trinajstić information content (AvgIpc) is 2.26. The molecule has 0 heterocycles. The quantitative estimate of drug-likeness (QED) is 0.771. The predicted octanol–water partition coefficient (Wildman–Crippen LogP) is 0.858. The number of amides is 1. The maximum absolute atomic E-state index is 11.6. The Labute approximate surface area is 112 Å². The second-order valence-electron chi connectivity index (χ2n) is 4.76. The molecule has 4 N–H and O–H groups in total. The molecule has 0 bridgehead atoms. The number of primary amides is 1. The number of aryl methyl sites for hydroxylation is 3. The lowest BCUT2D eigenvalue weighted by Crippen LogP contribution is -2.36. The first-order valence-electron chi connectivity index (χ1n) is 6.08. The highest BCUT2D eigenvalue weighted by molar-refractivity contribution is 5.84. The summed E-state index contributed by atoms with van der Waals surface area (Å²) in [5.74, 6) is -1.23. The number of rotatable bonds is 5. The Hall–Kier alpha value is -1.88. The van der Waals surface area contributed by atoms with Crippen molar-refractivity contribution in [3.8, 4) is 0 Å². The van der Waals surface area contributed by atoms with Crippen LogP contribution in [0.3, 0.4) is 0 Å². The zero-order chi connectivity index (χ0) is 14.6.